The van der Waals surface area contributed by atoms with Crippen LogP contribution >= 0.6 is 0 Å². The maximum absolute atomic E-state index is 13.0. The van der Waals surface area contributed by atoms with Crippen molar-refractivity contribution in [3.8, 4) is 0 Å². The molecule has 2 aromatic carbocycles. The summed E-state index contributed by atoms with van der Waals surface area (Å²) >= 11 is 0. The number of halogens is 1. The summed E-state index contributed by atoms with van der Waals surface area (Å²) in [6, 6.07) is 8.84. The molecule has 1 unspecified atom stereocenters. The number of hydrogen-bond acceptors (Lipinski definition) is 3. The van der Waals surface area contributed by atoms with E-state index < -0.39 is 29.6 Å². The highest BCUT2D eigenvalue weighted by atomic mass is 19.1. The van der Waals surface area contributed by atoms with Gasteiger partial charge in [0.25, 0.3) is 11.8 Å². The van der Waals surface area contributed by atoms with E-state index in [1.54, 1.807) is 19.1 Å². The summed E-state index contributed by atoms with van der Waals surface area (Å²) in [4.78, 5) is 35.9. The first-order valence-electron chi connectivity index (χ1n) is 8.88. The zero-order chi connectivity index (χ0) is 20.8. The van der Waals surface area contributed by atoms with Crippen LogP contribution in [-0.4, -0.2) is 28.9 Å². The molecule has 0 aliphatic heterocycles. The van der Waals surface area contributed by atoms with Gasteiger partial charge in [-0.15, -0.1) is 0 Å². The Bertz CT molecular complexity index is 878. The molecule has 7 heteroatoms. The average Bonchev–Trinajstić information content (AvgIpc) is 2.62. The fourth-order valence-electron chi connectivity index (χ4n) is 2.68. The highest BCUT2D eigenvalue weighted by molar-refractivity contribution is 6.05. The van der Waals surface area contributed by atoms with Crippen LogP contribution in [0, 0.1) is 18.7 Å². The van der Waals surface area contributed by atoms with Gasteiger partial charge in [-0.25, -0.2) is 9.18 Å². The lowest BCUT2D eigenvalue weighted by atomic mass is 10.0. The topological polar surface area (TPSA) is 95.5 Å². The molecule has 2 rings (SSSR count). The SMILES string of the molecule is Cc1cc(C(=O)NC(CC(C)C)C(=O)O)ccc1NC(=O)c1ccc(F)cc1. The fourth-order valence-corrected chi connectivity index (χ4v) is 2.68. The largest absolute Gasteiger partial charge is 0.480 e. The molecule has 0 fully saturated rings. The maximum Gasteiger partial charge on any atom is 0.326 e. The number of carbonyl (C=O) groups is 3. The van der Waals surface area contributed by atoms with Crippen LogP contribution in [0.2, 0.25) is 0 Å². The lowest BCUT2D eigenvalue weighted by Crippen LogP contribution is -2.41. The number of benzene rings is 2. The molecular formula is C21H23FN2O4. The second kappa shape index (κ2) is 9.12. The van der Waals surface area contributed by atoms with Crippen molar-refractivity contribution >= 4 is 23.5 Å². The molecule has 2 amide bonds. The van der Waals surface area contributed by atoms with Crippen molar-refractivity contribution < 1.29 is 23.9 Å². The molecule has 2 aromatic rings. The average molecular weight is 386 g/mol. The Kier molecular flexibility index (Phi) is 6.87. The molecule has 0 aliphatic rings. The number of anilines is 1. The molecule has 0 bridgehead atoms. The number of hydrogen-bond donors (Lipinski definition) is 3. The molecule has 0 saturated carbocycles. The summed E-state index contributed by atoms with van der Waals surface area (Å²) in [5, 5.41) is 14.5. The number of rotatable bonds is 7. The van der Waals surface area contributed by atoms with E-state index >= 15 is 0 Å². The van der Waals surface area contributed by atoms with E-state index in [9.17, 15) is 23.9 Å². The molecule has 0 spiro atoms. The smallest absolute Gasteiger partial charge is 0.326 e. The second-order valence-electron chi connectivity index (χ2n) is 6.98. The number of carboxylic acids is 1. The zero-order valence-corrected chi connectivity index (χ0v) is 16.0. The van der Waals surface area contributed by atoms with Crippen LogP contribution < -0.4 is 10.6 Å². The van der Waals surface area contributed by atoms with Crippen LogP contribution in [0.25, 0.3) is 0 Å². The Morgan fingerprint density at radius 3 is 2.14 bits per heavy atom. The molecule has 0 radical (unpaired) electrons. The first kappa shape index (κ1) is 21.1. The number of carbonyl (C=O) groups excluding carboxylic acids is 2. The molecule has 0 heterocycles. The van der Waals surface area contributed by atoms with Gasteiger partial charge in [0.05, 0.1) is 0 Å². The van der Waals surface area contributed by atoms with E-state index in [2.05, 4.69) is 10.6 Å². The van der Waals surface area contributed by atoms with Crippen LogP contribution in [0.15, 0.2) is 42.5 Å². The Balaban J connectivity index is 2.10. The van der Waals surface area contributed by atoms with E-state index in [0.29, 0.717) is 28.8 Å². The number of amides is 2. The van der Waals surface area contributed by atoms with E-state index in [4.69, 9.17) is 0 Å². The fraction of sp³-hybridized carbons (Fsp3) is 0.286. The maximum atomic E-state index is 13.0. The molecule has 0 saturated heterocycles. The number of aliphatic carboxylic acids is 1. The summed E-state index contributed by atoms with van der Waals surface area (Å²) in [5.41, 5.74) is 1.74. The minimum atomic E-state index is -1.08. The molecule has 0 aliphatic carbocycles. The Labute approximate surface area is 162 Å². The molecule has 1 atom stereocenters. The normalized spacial score (nSPS) is 11.8. The predicted octanol–water partition coefficient (Wildman–Crippen LogP) is 3.62. The molecule has 3 N–H and O–H groups in total. The van der Waals surface area contributed by atoms with Gasteiger partial charge in [-0.2, -0.15) is 0 Å². The third-order valence-electron chi connectivity index (χ3n) is 4.15. The van der Waals surface area contributed by atoms with E-state index in [1.807, 2.05) is 13.8 Å². The molecular weight excluding hydrogens is 363 g/mol. The second-order valence-corrected chi connectivity index (χ2v) is 6.98. The van der Waals surface area contributed by atoms with Gasteiger partial charge in [0, 0.05) is 16.8 Å². The van der Waals surface area contributed by atoms with E-state index in [1.165, 1.54) is 30.3 Å². The van der Waals surface area contributed by atoms with Crippen molar-refractivity contribution in [2.24, 2.45) is 5.92 Å². The van der Waals surface area contributed by atoms with Crippen molar-refractivity contribution in [2.75, 3.05) is 5.32 Å². The lowest BCUT2D eigenvalue weighted by Gasteiger charge is -2.17. The van der Waals surface area contributed by atoms with Gasteiger partial charge in [-0.1, -0.05) is 13.8 Å². The summed E-state index contributed by atoms with van der Waals surface area (Å²) in [5.74, 6) is -2.29. The van der Waals surface area contributed by atoms with Gasteiger partial charge < -0.3 is 15.7 Å². The highest BCUT2D eigenvalue weighted by Crippen LogP contribution is 2.18. The van der Waals surface area contributed by atoms with Crippen molar-refractivity contribution in [3.05, 3.63) is 65.0 Å². The Morgan fingerprint density at radius 1 is 1.00 bits per heavy atom. The van der Waals surface area contributed by atoms with E-state index in [0.717, 1.165) is 0 Å². The quantitative estimate of drug-likeness (QED) is 0.677. The first-order chi connectivity index (χ1) is 13.2. The van der Waals surface area contributed by atoms with Gasteiger partial charge in [0.15, 0.2) is 0 Å². The van der Waals surface area contributed by atoms with Crippen LogP contribution in [0.5, 0.6) is 0 Å². The van der Waals surface area contributed by atoms with Crippen molar-refractivity contribution in [1.82, 2.24) is 5.32 Å². The van der Waals surface area contributed by atoms with Gasteiger partial charge in [-0.05, 0) is 67.3 Å². The predicted molar refractivity (Wildman–Crippen MR) is 104 cm³/mol. The minimum Gasteiger partial charge on any atom is -0.480 e. The summed E-state index contributed by atoms with van der Waals surface area (Å²) in [6.45, 7) is 5.48. The Morgan fingerprint density at radius 2 is 1.61 bits per heavy atom. The van der Waals surface area contributed by atoms with Crippen molar-refractivity contribution in [2.45, 2.75) is 33.2 Å². The first-order valence-corrected chi connectivity index (χ1v) is 8.88. The van der Waals surface area contributed by atoms with Crippen molar-refractivity contribution in [3.63, 3.8) is 0 Å². The molecule has 28 heavy (non-hydrogen) atoms. The summed E-state index contributed by atoms with van der Waals surface area (Å²) in [6.07, 6.45) is 0.325. The monoisotopic (exact) mass is 386 g/mol. The van der Waals surface area contributed by atoms with Crippen LogP contribution in [0.4, 0.5) is 10.1 Å². The van der Waals surface area contributed by atoms with Gasteiger partial charge in [0.2, 0.25) is 0 Å². The lowest BCUT2D eigenvalue weighted by molar-refractivity contribution is -0.139. The molecule has 148 valence electrons. The zero-order valence-electron chi connectivity index (χ0n) is 16.0. The number of carboxylic acid groups (broad SMARTS) is 1. The minimum absolute atomic E-state index is 0.118. The van der Waals surface area contributed by atoms with Gasteiger partial charge in [0.1, 0.15) is 11.9 Å². The van der Waals surface area contributed by atoms with Crippen LogP contribution in [-0.2, 0) is 4.79 Å². The number of aryl methyl sites for hydroxylation is 1. The van der Waals surface area contributed by atoms with Crippen LogP contribution in [0.1, 0.15) is 46.5 Å². The van der Waals surface area contributed by atoms with Crippen molar-refractivity contribution in [1.29, 1.82) is 0 Å². The summed E-state index contributed by atoms with van der Waals surface area (Å²) < 4.78 is 13.0. The van der Waals surface area contributed by atoms with Gasteiger partial charge in [-0.3, -0.25) is 9.59 Å². The van der Waals surface area contributed by atoms with Gasteiger partial charge >= 0.3 is 5.97 Å². The Hall–Kier alpha value is -3.22. The van der Waals surface area contributed by atoms with Crippen LogP contribution in [0.3, 0.4) is 0 Å². The molecule has 0 aromatic heterocycles. The third kappa shape index (κ3) is 5.64. The van der Waals surface area contributed by atoms with E-state index in [-0.39, 0.29) is 5.92 Å². The third-order valence-corrected chi connectivity index (χ3v) is 4.15. The number of nitrogens with one attached hydrogen (secondary N) is 2. The summed E-state index contributed by atoms with van der Waals surface area (Å²) in [7, 11) is 0. The highest BCUT2D eigenvalue weighted by Gasteiger charge is 2.22. The molecule has 6 nitrogen and oxygen atoms in total. The standard InChI is InChI=1S/C21H23FN2O4/c1-12(2)10-18(21(27)28)24-20(26)15-6-9-17(13(3)11-15)23-19(25)14-4-7-16(22)8-5-14/h4-9,11-12,18H,10H2,1-3H3,(H,23,25)(H,24,26)(H,27,28).